The van der Waals surface area contributed by atoms with Crippen molar-refractivity contribution in [1.29, 1.82) is 0 Å². The molecule has 0 unspecified atom stereocenters. The second-order valence-corrected chi connectivity index (χ2v) is 15.6. The fraction of sp³-hybridized carbons (Fsp3) is 0.718. The van der Waals surface area contributed by atoms with E-state index in [1.54, 1.807) is 12.2 Å². The molecule has 2 rings (SSSR count). The van der Waals surface area contributed by atoms with Crippen LogP contribution in [-0.4, -0.2) is 137 Å². The molecular formula is C39H67N11O10. The standard InChI is InChI=1S/C39H67N11O10/c1-4-5-13-27(38(59)60)47-37(58)30-16-11-20-50(30)31(52)17-8-9-18-43-33(54)25-14-7-6-12-24(40)32(53)45-26(15-10-19-44-39(41)42)34(55)48-28(21-23(2)3)35(56)49-29(22-51)36(57)46-25/h6-7,23-30,51H,4-5,8-22,40H2,1-3H3,(H,43,54)(H,45,53)(H,46,57)(H,47,58)(H,48,55)(H,49,56)(H,59,60)(H4,41,42,44)/b7-6-/t24-,25-,26-,27-,28-,29-,30-/m0/s1. The van der Waals surface area contributed by atoms with Crippen LogP contribution in [-0.2, 0) is 38.4 Å². The van der Waals surface area contributed by atoms with E-state index in [1.165, 1.54) is 4.90 Å². The zero-order chi connectivity index (χ0) is 44.8. The van der Waals surface area contributed by atoms with E-state index in [9.17, 15) is 48.6 Å². The third kappa shape index (κ3) is 17.9. The van der Waals surface area contributed by atoms with Crippen LogP contribution in [0.3, 0.4) is 0 Å². The third-order valence-electron chi connectivity index (χ3n) is 10.1. The number of aliphatic imine (C=N–C) groups is 1. The van der Waals surface area contributed by atoms with Crippen molar-refractivity contribution < 1.29 is 48.6 Å². The highest BCUT2D eigenvalue weighted by Crippen LogP contribution is 2.20. The van der Waals surface area contributed by atoms with Crippen LogP contribution in [0.4, 0.5) is 0 Å². The average Bonchev–Trinajstić information content (AvgIpc) is 3.69. The van der Waals surface area contributed by atoms with Crippen LogP contribution in [0, 0.1) is 5.92 Å². The Morgan fingerprint density at radius 2 is 1.53 bits per heavy atom. The number of aliphatic hydroxyl groups excluding tert-OH is 1. The second kappa shape index (κ2) is 26.7. The minimum Gasteiger partial charge on any atom is -0.480 e. The summed E-state index contributed by atoms with van der Waals surface area (Å²) in [4.78, 5) is 110. The summed E-state index contributed by atoms with van der Waals surface area (Å²) in [7, 11) is 0. The number of hydrogen-bond acceptors (Lipinski definition) is 11. The van der Waals surface area contributed by atoms with Gasteiger partial charge in [0.2, 0.25) is 41.4 Å². The summed E-state index contributed by atoms with van der Waals surface area (Å²) in [6.45, 7) is 5.40. The van der Waals surface area contributed by atoms with E-state index < -0.39 is 90.3 Å². The predicted molar refractivity (Wildman–Crippen MR) is 221 cm³/mol. The monoisotopic (exact) mass is 850 g/mol. The molecule has 2 aliphatic rings. The van der Waals surface area contributed by atoms with Crippen molar-refractivity contribution in [3.63, 3.8) is 0 Å². The first-order chi connectivity index (χ1) is 28.5. The number of carboxylic acid groups (broad SMARTS) is 1. The molecular weight excluding hydrogens is 782 g/mol. The van der Waals surface area contributed by atoms with Crippen molar-refractivity contribution in [1.82, 2.24) is 36.8 Å². The van der Waals surface area contributed by atoms with Gasteiger partial charge in [0.25, 0.3) is 0 Å². The van der Waals surface area contributed by atoms with E-state index in [-0.39, 0.29) is 63.0 Å². The Hall–Kier alpha value is -5.31. The summed E-state index contributed by atoms with van der Waals surface area (Å²) in [5.74, 6) is -5.67. The lowest BCUT2D eigenvalue weighted by Gasteiger charge is -2.26. The number of nitrogens with one attached hydrogen (secondary N) is 6. The van der Waals surface area contributed by atoms with Gasteiger partial charge in [-0.3, -0.25) is 38.6 Å². The van der Waals surface area contributed by atoms with E-state index in [1.807, 2.05) is 20.8 Å². The van der Waals surface area contributed by atoms with Crippen LogP contribution in [0.2, 0.25) is 0 Å². The minimum atomic E-state index is -1.49. The number of rotatable bonds is 19. The van der Waals surface area contributed by atoms with Gasteiger partial charge in [-0.15, -0.1) is 0 Å². The molecule has 0 aromatic heterocycles. The minimum absolute atomic E-state index is 0.0122. The van der Waals surface area contributed by atoms with Crippen LogP contribution in [0.1, 0.15) is 104 Å². The fourth-order valence-electron chi connectivity index (χ4n) is 6.73. The lowest BCUT2D eigenvalue weighted by molar-refractivity contribution is -0.144. The molecule has 21 nitrogen and oxygen atoms in total. The SMILES string of the molecule is CCCC[C@H](NC(=O)[C@@H]1CCCN1C(=O)CCCCNC(=O)[C@@H]1C/C=C\C[C@H](N)C(=O)N[C@@H](CCCN=C(N)N)C(=O)N[C@@H](CC(C)C)C(=O)N[C@@H](CO)C(=O)N1)C(=O)O. The predicted octanol–water partition coefficient (Wildman–Crippen LogP) is -2.27. The number of unbranched alkanes of at least 4 members (excludes halogenated alkanes) is 2. The number of aliphatic carboxylic acids is 1. The first-order valence-corrected chi connectivity index (χ1v) is 20.9. The second-order valence-electron chi connectivity index (χ2n) is 15.6. The molecule has 2 aliphatic heterocycles. The largest absolute Gasteiger partial charge is 0.480 e. The maximum absolute atomic E-state index is 13.5. The molecule has 60 heavy (non-hydrogen) atoms. The first-order valence-electron chi connectivity index (χ1n) is 20.9. The smallest absolute Gasteiger partial charge is 0.326 e. The molecule has 1 fully saturated rings. The van der Waals surface area contributed by atoms with Crippen molar-refractivity contribution in [2.45, 2.75) is 147 Å². The normalized spacial score (nSPS) is 24.2. The molecule has 7 atom stereocenters. The lowest BCUT2D eigenvalue weighted by atomic mass is 10.0. The summed E-state index contributed by atoms with van der Waals surface area (Å²) in [5, 5.41) is 35.3. The number of aliphatic hydroxyl groups is 1. The van der Waals surface area contributed by atoms with Crippen molar-refractivity contribution in [2.75, 3.05) is 26.2 Å². The quantitative estimate of drug-likeness (QED) is 0.0283. The number of carbonyl (C=O) groups excluding carboxylic acids is 7. The molecule has 14 N–H and O–H groups in total. The van der Waals surface area contributed by atoms with E-state index in [0.717, 1.165) is 6.42 Å². The van der Waals surface area contributed by atoms with E-state index >= 15 is 0 Å². The van der Waals surface area contributed by atoms with Gasteiger partial charge in [0.05, 0.1) is 12.6 Å². The average molecular weight is 850 g/mol. The highest BCUT2D eigenvalue weighted by atomic mass is 16.4. The first kappa shape index (κ1) is 50.8. The molecule has 0 aromatic carbocycles. The number of nitrogens with zero attached hydrogens (tertiary/aromatic N) is 2. The molecule has 0 aliphatic carbocycles. The summed E-state index contributed by atoms with van der Waals surface area (Å²) in [6, 6.07) is -7.83. The van der Waals surface area contributed by atoms with E-state index in [4.69, 9.17) is 17.2 Å². The van der Waals surface area contributed by atoms with Crippen LogP contribution in [0.15, 0.2) is 17.1 Å². The lowest BCUT2D eigenvalue weighted by Crippen LogP contribution is -2.59. The van der Waals surface area contributed by atoms with Gasteiger partial charge < -0.3 is 64.2 Å². The number of hydrogen-bond donors (Lipinski definition) is 11. The molecule has 1 saturated heterocycles. The molecule has 0 radical (unpaired) electrons. The van der Waals surface area contributed by atoms with Gasteiger partial charge in [-0.05, 0) is 70.1 Å². The number of amides is 7. The van der Waals surface area contributed by atoms with Crippen molar-refractivity contribution in [2.24, 2.45) is 28.1 Å². The summed E-state index contributed by atoms with van der Waals surface area (Å²) >= 11 is 0. The van der Waals surface area contributed by atoms with Crippen LogP contribution >= 0.6 is 0 Å². The van der Waals surface area contributed by atoms with Gasteiger partial charge >= 0.3 is 5.97 Å². The zero-order valence-electron chi connectivity index (χ0n) is 35.1. The Morgan fingerprint density at radius 3 is 2.18 bits per heavy atom. The molecule has 0 saturated carbocycles. The topological polar surface area (TPSA) is 343 Å². The molecule has 21 heteroatoms. The number of carboxylic acids is 1. The molecule has 7 amide bonds. The van der Waals surface area contributed by atoms with Crippen LogP contribution < -0.4 is 49.1 Å². The van der Waals surface area contributed by atoms with Crippen LogP contribution in [0.25, 0.3) is 0 Å². The fourth-order valence-corrected chi connectivity index (χ4v) is 6.73. The van der Waals surface area contributed by atoms with Gasteiger partial charge in [-0.1, -0.05) is 45.8 Å². The summed E-state index contributed by atoms with van der Waals surface area (Å²) < 4.78 is 0. The highest BCUT2D eigenvalue weighted by Gasteiger charge is 2.36. The van der Waals surface area contributed by atoms with Gasteiger partial charge in [-0.25, -0.2) is 4.79 Å². The maximum atomic E-state index is 13.5. The van der Waals surface area contributed by atoms with E-state index in [0.29, 0.717) is 51.5 Å². The molecule has 0 aromatic rings. The van der Waals surface area contributed by atoms with E-state index in [2.05, 4.69) is 36.9 Å². The Labute approximate surface area is 351 Å². The zero-order valence-corrected chi connectivity index (χ0v) is 35.1. The number of guanidine groups is 1. The third-order valence-corrected chi connectivity index (χ3v) is 10.1. The molecule has 0 spiro atoms. The Balaban J connectivity index is 2.12. The summed E-state index contributed by atoms with van der Waals surface area (Å²) in [6.07, 6.45) is 7.15. The highest BCUT2D eigenvalue weighted by molar-refractivity contribution is 5.96. The van der Waals surface area contributed by atoms with Gasteiger partial charge in [0.1, 0.15) is 36.3 Å². The number of likely N-dealkylation sites (tertiary alicyclic amines) is 1. The van der Waals surface area contributed by atoms with Crippen LogP contribution in [0.5, 0.6) is 0 Å². The van der Waals surface area contributed by atoms with Crippen molar-refractivity contribution >= 4 is 53.3 Å². The molecule has 0 bridgehead atoms. The van der Waals surface area contributed by atoms with Gasteiger partial charge in [-0.2, -0.15) is 0 Å². The summed E-state index contributed by atoms with van der Waals surface area (Å²) in [5.41, 5.74) is 16.9. The Bertz CT molecular complexity index is 1540. The number of nitrogens with two attached hydrogens (primary N) is 3. The van der Waals surface area contributed by atoms with Gasteiger partial charge in [0.15, 0.2) is 5.96 Å². The number of carbonyl (C=O) groups is 8. The Kier molecular flexibility index (Phi) is 22.6. The molecule has 2 heterocycles. The van der Waals surface area contributed by atoms with Crippen molar-refractivity contribution in [3.8, 4) is 0 Å². The Morgan fingerprint density at radius 1 is 0.883 bits per heavy atom. The molecule has 338 valence electrons. The maximum Gasteiger partial charge on any atom is 0.326 e. The van der Waals surface area contributed by atoms with Crippen molar-refractivity contribution in [3.05, 3.63) is 12.2 Å². The van der Waals surface area contributed by atoms with Gasteiger partial charge in [0, 0.05) is 26.1 Å².